The lowest BCUT2D eigenvalue weighted by Gasteiger charge is -2.34. The Hall–Kier alpha value is -2.55. The van der Waals surface area contributed by atoms with Gasteiger partial charge in [0, 0.05) is 37.9 Å². The smallest absolute Gasteiger partial charge is 0.422 e. The van der Waals surface area contributed by atoms with Crippen molar-refractivity contribution in [3.63, 3.8) is 0 Å². The number of carbonyl (C=O) groups excluding carboxylic acids is 1. The number of nitrogens with one attached hydrogen (secondary N) is 3. The SMILES string of the molecule is CNc1ccc([N+](=O)[O-])c(N2CCCC(NNC(=O)OC(C)(C)C)C2)c1. The third kappa shape index (κ3) is 5.48. The Kier molecular flexibility index (Phi) is 6.25. The number of nitro benzene ring substituents is 1. The van der Waals surface area contributed by atoms with Crippen LogP contribution in [-0.4, -0.2) is 42.8 Å². The van der Waals surface area contributed by atoms with Crippen LogP contribution < -0.4 is 21.1 Å². The quantitative estimate of drug-likeness (QED) is 0.543. The molecule has 0 aliphatic carbocycles. The van der Waals surface area contributed by atoms with Gasteiger partial charge in [-0.15, -0.1) is 0 Å². The standard InChI is InChI=1S/C17H27N5O4/c1-17(2,3)26-16(23)20-19-13-6-5-9-21(11-13)15-10-12(18-4)7-8-14(15)22(24)25/h7-8,10,13,18-19H,5-6,9,11H2,1-4H3,(H,20,23). The van der Waals surface area contributed by atoms with Crippen molar-refractivity contribution >= 4 is 23.2 Å². The molecule has 9 heteroatoms. The number of hydrogen-bond acceptors (Lipinski definition) is 7. The van der Waals surface area contributed by atoms with Crippen LogP contribution in [-0.2, 0) is 4.74 Å². The van der Waals surface area contributed by atoms with Gasteiger partial charge in [0.05, 0.1) is 4.92 Å². The Bertz CT molecular complexity index is 659. The molecule has 3 N–H and O–H groups in total. The molecular weight excluding hydrogens is 338 g/mol. The topological polar surface area (TPSA) is 109 Å². The van der Waals surface area contributed by atoms with E-state index in [-0.39, 0.29) is 16.7 Å². The molecule has 2 rings (SSSR count). The van der Waals surface area contributed by atoms with Gasteiger partial charge in [0.2, 0.25) is 0 Å². The lowest BCUT2D eigenvalue weighted by molar-refractivity contribution is -0.384. The van der Waals surface area contributed by atoms with Crippen molar-refractivity contribution in [1.82, 2.24) is 10.9 Å². The number of ether oxygens (including phenoxy) is 1. The summed E-state index contributed by atoms with van der Waals surface area (Å²) in [4.78, 5) is 24.7. The van der Waals surface area contributed by atoms with Crippen molar-refractivity contribution in [1.29, 1.82) is 0 Å². The van der Waals surface area contributed by atoms with Crippen molar-refractivity contribution in [3.05, 3.63) is 28.3 Å². The van der Waals surface area contributed by atoms with Gasteiger partial charge in [-0.3, -0.25) is 15.5 Å². The molecule has 1 saturated heterocycles. The highest BCUT2D eigenvalue weighted by atomic mass is 16.6. The minimum Gasteiger partial charge on any atom is -0.443 e. The second-order valence-electron chi connectivity index (χ2n) is 7.27. The first-order valence-corrected chi connectivity index (χ1v) is 8.65. The van der Waals surface area contributed by atoms with E-state index in [2.05, 4.69) is 16.2 Å². The van der Waals surface area contributed by atoms with Crippen molar-refractivity contribution in [3.8, 4) is 0 Å². The summed E-state index contributed by atoms with van der Waals surface area (Å²) >= 11 is 0. The van der Waals surface area contributed by atoms with Crippen molar-refractivity contribution in [2.45, 2.75) is 45.3 Å². The summed E-state index contributed by atoms with van der Waals surface area (Å²) in [6.45, 7) is 6.65. The van der Waals surface area contributed by atoms with E-state index in [9.17, 15) is 14.9 Å². The Morgan fingerprint density at radius 1 is 1.38 bits per heavy atom. The minimum absolute atomic E-state index is 0.0332. The van der Waals surface area contributed by atoms with Crippen LogP contribution in [0.1, 0.15) is 33.6 Å². The van der Waals surface area contributed by atoms with Gasteiger partial charge in [-0.05, 0) is 45.7 Å². The molecule has 1 amide bonds. The summed E-state index contributed by atoms with van der Waals surface area (Å²) in [6.07, 6.45) is 1.17. The monoisotopic (exact) mass is 365 g/mol. The molecule has 0 saturated carbocycles. The first-order chi connectivity index (χ1) is 12.2. The summed E-state index contributed by atoms with van der Waals surface area (Å²) in [6, 6.07) is 4.94. The molecule has 144 valence electrons. The van der Waals surface area contributed by atoms with E-state index >= 15 is 0 Å². The molecule has 1 fully saturated rings. The van der Waals surface area contributed by atoms with Crippen LogP contribution in [0.5, 0.6) is 0 Å². The third-order valence-corrected chi connectivity index (χ3v) is 4.00. The van der Waals surface area contributed by atoms with Crippen LogP contribution in [0, 0.1) is 10.1 Å². The molecule has 1 aromatic carbocycles. The number of nitrogens with zero attached hydrogens (tertiary/aromatic N) is 2. The van der Waals surface area contributed by atoms with Crippen molar-refractivity contribution < 1.29 is 14.5 Å². The zero-order valence-corrected chi connectivity index (χ0v) is 15.7. The first kappa shape index (κ1) is 19.8. The Labute approximate surface area is 153 Å². The van der Waals surface area contributed by atoms with E-state index in [0.717, 1.165) is 25.1 Å². The molecule has 0 spiro atoms. The van der Waals surface area contributed by atoms with E-state index in [1.165, 1.54) is 6.07 Å². The van der Waals surface area contributed by atoms with Gasteiger partial charge in [0.25, 0.3) is 5.69 Å². The molecule has 1 heterocycles. The van der Waals surface area contributed by atoms with E-state index in [0.29, 0.717) is 12.2 Å². The van der Waals surface area contributed by atoms with E-state index in [4.69, 9.17) is 4.74 Å². The molecule has 26 heavy (non-hydrogen) atoms. The highest BCUT2D eigenvalue weighted by Gasteiger charge is 2.26. The molecule has 1 aromatic rings. The number of anilines is 2. The molecule has 9 nitrogen and oxygen atoms in total. The average Bonchev–Trinajstić information content (AvgIpc) is 2.58. The number of nitro groups is 1. The number of carbonyl (C=O) groups is 1. The fourth-order valence-electron chi connectivity index (χ4n) is 2.86. The molecular formula is C17H27N5O4. The summed E-state index contributed by atoms with van der Waals surface area (Å²) in [7, 11) is 1.77. The summed E-state index contributed by atoms with van der Waals surface area (Å²) < 4.78 is 5.20. The lowest BCUT2D eigenvalue weighted by atomic mass is 10.0. The van der Waals surface area contributed by atoms with Gasteiger partial charge in [0.1, 0.15) is 11.3 Å². The normalized spacial score (nSPS) is 17.5. The van der Waals surface area contributed by atoms with Gasteiger partial charge in [-0.2, -0.15) is 0 Å². The van der Waals surface area contributed by atoms with Gasteiger partial charge < -0.3 is 15.0 Å². The van der Waals surface area contributed by atoms with Crippen LogP contribution in [0.25, 0.3) is 0 Å². The first-order valence-electron chi connectivity index (χ1n) is 8.65. The number of hydrogen-bond donors (Lipinski definition) is 3. The van der Waals surface area contributed by atoms with Gasteiger partial charge in [-0.25, -0.2) is 10.2 Å². The van der Waals surface area contributed by atoms with Crippen LogP contribution in [0.3, 0.4) is 0 Å². The van der Waals surface area contributed by atoms with E-state index in [1.54, 1.807) is 40.0 Å². The fourth-order valence-corrected chi connectivity index (χ4v) is 2.86. The number of amides is 1. The predicted octanol–water partition coefficient (Wildman–Crippen LogP) is 2.63. The Morgan fingerprint density at radius 3 is 2.73 bits per heavy atom. The highest BCUT2D eigenvalue weighted by molar-refractivity contribution is 5.70. The van der Waals surface area contributed by atoms with Gasteiger partial charge in [0.15, 0.2) is 0 Å². The maximum absolute atomic E-state index is 11.8. The second kappa shape index (κ2) is 8.22. The van der Waals surface area contributed by atoms with Crippen LogP contribution >= 0.6 is 0 Å². The maximum atomic E-state index is 11.8. The van der Waals surface area contributed by atoms with Crippen molar-refractivity contribution in [2.24, 2.45) is 0 Å². The summed E-state index contributed by atoms with van der Waals surface area (Å²) in [5.41, 5.74) is 6.42. The average molecular weight is 365 g/mol. The minimum atomic E-state index is -0.571. The summed E-state index contributed by atoms with van der Waals surface area (Å²) in [5, 5.41) is 14.4. The lowest BCUT2D eigenvalue weighted by Crippen LogP contribution is -2.53. The van der Waals surface area contributed by atoms with Crippen molar-refractivity contribution in [2.75, 3.05) is 30.4 Å². The largest absolute Gasteiger partial charge is 0.443 e. The van der Waals surface area contributed by atoms with Crippen LogP contribution in [0.4, 0.5) is 21.9 Å². The summed E-state index contributed by atoms with van der Waals surface area (Å²) in [5.74, 6) is 0. The second-order valence-corrected chi connectivity index (χ2v) is 7.27. The van der Waals surface area contributed by atoms with Crippen LogP contribution in [0.15, 0.2) is 18.2 Å². The van der Waals surface area contributed by atoms with Crippen LogP contribution in [0.2, 0.25) is 0 Å². The van der Waals surface area contributed by atoms with E-state index < -0.39 is 11.7 Å². The van der Waals surface area contributed by atoms with E-state index in [1.807, 2.05) is 4.90 Å². The molecule has 1 aliphatic heterocycles. The number of piperidine rings is 1. The molecule has 0 radical (unpaired) electrons. The van der Waals surface area contributed by atoms with Gasteiger partial charge >= 0.3 is 6.09 Å². The molecule has 1 atom stereocenters. The predicted molar refractivity (Wildman–Crippen MR) is 100 cm³/mol. The third-order valence-electron chi connectivity index (χ3n) is 4.00. The zero-order valence-electron chi connectivity index (χ0n) is 15.7. The maximum Gasteiger partial charge on any atom is 0.422 e. The number of rotatable bonds is 5. The Morgan fingerprint density at radius 2 is 2.12 bits per heavy atom. The molecule has 1 unspecified atom stereocenters. The highest BCUT2D eigenvalue weighted by Crippen LogP contribution is 2.32. The molecule has 1 aliphatic rings. The molecule has 0 bridgehead atoms. The zero-order chi connectivity index (χ0) is 19.3. The number of benzene rings is 1. The fraction of sp³-hybridized carbons (Fsp3) is 0.588. The molecule has 0 aromatic heterocycles. The Balaban J connectivity index is 2.04. The van der Waals surface area contributed by atoms with Gasteiger partial charge in [-0.1, -0.05) is 0 Å². The number of hydrazine groups is 1.